The van der Waals surface area contributed by atoms with Gasteiger partial charge in [0, 0.05) is 18.1 Å². The second kappa shape index (κ2) is 8.06. The summed E-state index contributed by atoms with van der Waals surface area (Å²) in [7, 11) is 0. The molecule has 0 aromatic heterocycles. The first kappa shape index (κ1) is 18.0. The predicted molar refractivity (Wildman–Crippen MR) is 92.2 cm³/mol. The zero-order valence-corrected chi connectivity index (χ0v) is 14.7. The summed E-state index contributed by atoms with van der Waals surface area (Å²) in [5.41, 5.74) is 0.426. The highest BCUT2D eigenvalue weighted by Gasteiger charge is 2.29. The highest BCUT2D eigenvalue weighted by atomic mass is 35.5. The highest BCUT2D eigenvalue weighted by molar-refractivity contribution is 6.31. The molecule has 1 aliphatic heterocycles. The topological polar surface area (TPSA) is 76.1 Å². The summed E-state index contributed by atoms with van der Waals surface area (Å²) >= 11 is 6.09. The van der Waals surface area contributed by atoms with Crippen LogP contribution in [0.3, 0.4) is 0 Å². The normalized spacial score (nSPS) is 21.3. The van der Waals surface area contributed by atoms with Crippen LogP contribution in [0, 0.1) is 0 Å². The fourth-order valence-electron chi connectivity index (χ4n) is 3.35. The highest BCUT2D eigenvalue weighted by Crippen LogP contribution is 2.30. The van der Waals surface area contributed by atoms with Gasteiger partial charge in [0.2, 0.25) is 0 Å². The van der Waals surface area contributed by atoms with Crippen LogP contribution in [0.25, 0.3) is 0 Å². The number of amides is 1. The van der Waals surface area contributed by atoms with E-state index in [4.69, 9.17) is 26.2 Å². The number of benzene rings is 1. The third kappa shape index (κ3) is 4.64. The zero-order valence-electron chi connectivity index (χ0n) is 13.9. The van der Waals surface area contributed by atoms with E-state index in [2.05, 4.69) is 0 Å². The SMILES string of the molecule is O=C(O)CC1CN(C(=O)c2cc(Cl)ccc2OC2CCCC2)CCO1. The van der Waals surface area contributed by atoms with Gasteiger partial charge < -0.3 is 19.5 Å². The molecular weight excluding hydrogens is 346 g/mol. The third-order valence-corrected chi connectivity index (χ3v) is 4.83. The molecule has 1 amide bonds. The Labute approximate surface area is 151 Å². The van der Waals surface area contributed by atoms with Crippen molar-refractivity contribution in [2.24, 2.45) is 0 Å². The Balaban J connectivity index is 1.75. The Morgan fingerprint density at radius 3 is 2.80 bits per heavy atom. The minimum atomic E-state index is -0.938. The molecule has 136 valence electrons. The van der Waals surface area contributed by atoms with Gasteiger partial charge in [-0.3, -0.25) is 9.59 Å². The van der Waals surface area contributed by atoms with Crippen molar-refractivity contribution in [1.29, 1.82) is 0 Å². The summed E-state index contributed by atoms with van der Waals surface area (Å²) in [6.45, 7) is 0.994. The molecule has 1 unspecified atom stereocenters. The first-order valence-corrected chi connectivity index (χ1v) is 8.99. The van der Waals surface area contributed by atoms with Crippen molar-refractivity contribution in [3.05, 3.63) is 28.8 Å². The van der Waals surface area contributed by atoms with Crippen LogP contribution >= 0.6 is 11.6 Å². The third-order valence-electron chi connectivity index (χ3n) is 4.60. The zero-order chi connectivity index (χ0) is 17.8. The molecule has 1 aliphatic carbocycles. The molecule has 1 aromatic rings. The van der Waals surface area contributed by atoms with E-state index in [1.807, 2.05) is 0 Å². The van der Waals surface area contributed by atoms with Crippen LogP contribution in [0.5, 0.6) is 5.75 Å². The number of hydrogen-bond acceptors (Lipinski definition) is 4. The standard InChI is InChI=1S/C18H22ClNO5/c19-12-5-6-16(25-13-3-1-2-4-13)15(9-12)18(23)20-7-8-24-14(11-20)10-17(21)22/h5-6,9,13-14H,1-4,7-8,10-11H2,(H,21,22). The number of halogens is 1. The Morgan fingerprint density at radius 2 is 2.08 bits per heavy atom. The molecular formula is C18H22ClNO5. The van der Waals surface area contributed by atoms with Gasteiger partial charge in [-0.25, -0.2) is 0 Å². The maximum Gasteiger partial charge on any atom is 0.306 e. The Kier molecular flexibility index (Phi) is 5.81. The molecule has 1 aromatic carbocycles. The van der Waals surface area contributed by atoms with Gasteiger partial charge in [-0.05, 0) is 43.9 Å². The van der Waals surface area contributed by atoms with Gasteiger partial charge in [0.05, 0.1) is 30.8 Å². The van der Waals surface area contributed by atoms with Gasteiger partial charge in [-0.2, -0.15) is 0 Å². The van der Waals surface area contributed by atoms with Crippen LogP contribution in [-0.4, -0.2) is 53.8 Å². The van der Waals surface area contributed by atoms with E-state index in [0.717, 1.165) is 25.7 Å². The minimum Gasteiger partial charge on any atom is -0.490 e. The molecule has 25 heavy (non-hydrogen) atoms. The number of carboxylic acid groups (broad SMARTS) is 1. The smallest absolute Gasteiger partial charge is 0.306 e. The van der Waals surface area contributed by atoms with E-state index in [9.17, 15) is 9.59 Å². The first-order chi connectivity index (χ1) is 12.0. The maximum absolute atomic E-state index is 13.0. The minimum absolute atomic E-state index is 0.120. The average Bonchev–Trinajstić information content (AvgIpc) is 3.08. The summed E-state index contributed by atoms with van der Waals surface area (Å²) in [5.74, 6) is -0.593. The molecule has 2 fully saturated rings. The van der Waals surface area contributed by atoms with Gasteiger partial charge in [0.15, 0.2) is 0 Å². The quantitative estimate of drug-likeness (QED) is 0.865. The number of carbonyl (C=O) groups excluding carboxylic acids is 1. The molecule has 2 aliphatic rings. The van der Waals surface area contributed by atoms with Crippen molar-refractivity contribution < 1.29 is 24.2 Å². The molecule has 1 N–H and O–H groups in total. The number of morpholine rings is 1. The second-order valence-corrected chi connectivity index (χ2v) is 6.94. The van der Waals surface area contributed by atoms with Crippen LogP contribution in [0.4, 0.5) is 0 Å². The molecule has 6 nitrogen and oxygen atoms in total. The van der Waals surface area contributed by atoms with Crippen molar-refractivity contribution >= 4 is 23.5 Å². The molecule has 1 heterocycles. The molecule has 0 bridgehead atoms. The van der Waals surface area contributed by atoms with Gasteiger partial charge in [0.1, 0.15) is 5.75 Å². The molecule has 1 atom stereocenters. The summed E-state index contributed by atoms with van der Waals surface area (Å²) in [4.78, 5) is 25.5. The lowest BCUT2D eigenvalue weighted by Gasteiger charge is -2.32. The molecule has 0 radical (unpaired) electrons. The number of carboxylic acids is 1. The summed E-state index contributed by atoms with van der Waals surface area (Å²) in [5, 5.41) is 9.40. The largest absolute Gasteiger partial charge is 0.490 e. The molecule has 1 saturated heterocycles. The van der Waals surface area contributed by atoms with Crippen LogP contribution in [0.2, 0.25) is 5.02 Å². The van der Waals surface area contributed by atoms with Crippen molar-refractivity contribution in [2.45, 2.75) is 44.3 Å². The maximum atomic E-state index is 13.0. The Hall–Kier alpha value is -1.79. The van der Waals surface area contributed by atoms with Crippen LogP contribution < -0.4 is 4.74 Å². The van der Waals surface area contributed by atoms with Crippen LogP contribution in [0.15, 0.2) is 18.2 Å². The lowest BCUT2D eigenvalue weighted by atomic mass is 10.1. The van der Waals surface area contributed by atoms with Crippen LogP contribution in [-0.2, 0) is 9.53 Å². The summed E-state index contributed by atoms with van der Waals surface area (Å²) in [6, 6.07) is 5.08. The van der Waals surface area contributed by atoms with Gasteiger partial charge in [-0.1, -0.05) is 11.6 Å². The Bertz CT molecular complexity index is 644. The molecule has 0 spiro atoms. The average molecular weight is 368 g/mol. The van der Waals surface area contributed by atoms with E-state index < -0.39 is 12.1 Å². The van der Waals surface area contributed by atoms with Crippen molar-refractivity contribution in [2.75, 3.05) is 19.7 Å². The first-order valence-electron chi connectivity index (χ1n) is 8.62. The monoisotopic (exact) mass is 367 g/mol. The van der Waals surface area contributed by atoms with E-state index in [1.165, 1.54) is 0 Å². The van der Waals surface area contributed by atoms with E-state index >= 15 is 0 Å². The summed E-state index contributed by atoms with van der Waals surface area (Å²) in [6.07, 6.45) is 3.79. The molecule has 3 rings (SSSR count). The van der Waals surface area contributed by atoms with Gasteiger partial charge in [-0.15, -0.1) is 0 Å². The van der Waals surface area contributed by atoms with Crippen molar-refractivity contribution in [3.63, 3.8) is 0 Å². The number of carbonyl (C=O) groups is 2. The fraction of sp³-hybridized carbons (Fsp3) is 0.556. The second-order valence-electron chi connectivity index (χ2n) is 6.51. The van der Waals surface area contributed by atoms with Gasteiger partial charge >= 0.3 is 5.97 Å². The van der Waals surface area contributed by atoms with Crippen molar-refractivity contribution in [3.8, 4) is 5.75 Å². The lowest BCUT2D eigenvalue weighted by molar-refractivity contribution is -0.141. The number of nitrogens with zero attached hydrogens (tertiary/aromatic N) is 1. The number of ether oxygens (including phenoxy) is 2. The van der Waals surface area contributed by atoms with Crippen molar-refractivity contribution in [1.82, 2.24) is 4.90 Å². The summed E-state index contributed by atoms with van der Waals surface area (Å²) < 4.78 is 11.5. The van der Waals surface area contributed by atoms with E-state index in [-0.39, 0.29) is 25.0 Å². The van der Waals surface area contributed by atoms with E-state index in [1.54, 1.807) is 23.1 Å². The van der Waals surface area contributed by atoms with E-state index in [0.29, 0.717) is 29.5 Å². The predicted octanol–water partition coefficient (Wildman–Crippen LogP) is 2.98. The number of aliphatic carboxylic acids is 1. The molecule has 7 heteroatoms. The Morgan fingerprint density at radius 1 is 1.32 bits per heavy atom. The number of hydrogen-bond donors (Lipinski definition) is 1. The van der Waals surface area contributed by atoms with Gasteiger partial charge in [0.25, 0.3) is 5.91 Å². The van der Waals surface area contributed by atoms with Crippen LogP contribution in [0.1, 0.15) is 42.5 Å². The molecule has 1 saturated carbocycles. The fourth-order valence-corrected chi connectivity index (χ4v) is 3.52. The number of rotatable bonds is 5. The lowest BCUT2D eigenvalue weighted by Crippen LogP contribution is -2.46.